The van der Waals surface area contributed by atoms with Crippen molar-refractivity contribution in [3.8, 4) is 0 Å². The summed E-state index contributed by atoms with van der Waals surface area (Å²) in [4.78, 5) is 48.6. The van der Waals surface area contributed by atoms with E-state index in [1.54, 1.807) is 19.1 Å². The molecule has 126 valence electrons. The number of ketones is 1. The number of hydrogen-bond acceptors (Lipinski definition) is 7. The van der Waals surface area contributed by atoms with Crippen molar-refractivity contribution in [2.24, 2.45) is 0 Å². The number of nitrogens with zero attached hydrogens (tertiary/aromatic N) is 1. The van der Waals surface area contributed by atoms with Gasteiger partial charge < -0.3 is 18.6 Å². The van der Waals surface area contributed by atoms with Crippen LogP contribution in [-0.4, -0.2) is 48.9 Å². The van der Waals surface area contributed by atoms with E-state index in [9.17, 15) is 19.2 Å². The van der Waals surface area contributed by atoms with Gasteiger partial charge in [-0.25, -0.2) is 14.4 Å². The first-order chi connectivity index (χ1) is 11.5. The van der Waals surface area contributed by atoms with Crippen molar-refractivity contribution >= 4 is 29.2 Å². The van der Waals surface area contributed by atoms with Crippen LogP contribution in [0.15, 0.2) is 24.4 Å². The minimum absolute atomic E-state index is 0.00618. The third-order valence-electron chi connectivity index (χ3n) is 3.30. The summed E-state index contributed by atoms with van der Waals surface area (Å²) < 4.78 is 15.4. The van der Waals surface area contributed by atoms with Crippen LogP contribution in [0.25, 0.3) is 5.52 Å². The summed E-state index contributed by atoms with van der Waals surface area (Å²) in [6.07, 6.45) is 1.47. The number of fused-ring (bicyclic) bond motifs is 1. The lowest BCUT2D eigenvalue weighted by molar-refractivity contribution is -0.137. The van der Waals surface area contributed by atoms with Gasteiger partial charge in [-0.3, -0.25) is 4.79 Å². The lowest BCUT2D eigenvalue weighted by Gasteiger charge is -2.04. The molecule has 2 rings (SSSR count). The van der Waals surface area contributed by atoms with Gasteiger partial charge in [0.2, 0.25) is 0 Å². The van der Waals surface area contributed by atoms with E-state index in [0.717, 1.165) is 14.2 Å². The molecule has 0 aliphatic carbocycles. The first-order valence-electron chi connectivity index (χ1n) is 6.99. The molecule has 0 aromatic carbocycles. The summed E-state index contributed by atoms with van der Waals surface area (Å²) in [5.41, 5.74) is -0.612. The number of esters is 3. The highest BCUT2D eigenvalue weighted by atomic mass is 16.5. The summed E-state index contributed by atoms with van der Waals surface area (Å²) in [5, 5.41) is 0. The van der Waals surface area contributed by atoms with Crippen molar-refractivity contribution in [2.75, 3.05) is 20.8 Å². The van der Waals surface area contributed by atoms with Gasteiger partial charge in [-0.1, -0.05) is 6.07 Å². The highest BCUT2D eigenvalue weighted by Gasteiger charge is 2.35. The zero-order chi connectivity index (χ0) is 17.9. The molecule has 0 aliphatic heterocycles. The standard InChI is InChI=1S/C16H15NO7/c1-4-24-16(21)13(18)10-9-7-5-6-8-17(9)12(15(20)23-3)11(10)14(19)22-2/h5-8H,4H2,1-3H3. The predicted octanol–water partition coefficient (Wildman–Crippen LogP) is 1.26. The van der Waals surface area contributed by atoms with Crippen molar-refractivity contribution in [3.05, 3.63) is 41.2 Å². The van der Waals surface area contributed by atoms with Gasteiger partial charge in [0.05, 0.1) is 31.9 Å². The molecule has 0 fully saturated rings. The maximum Gasteiger partial charge on any atom is 0.379 e. The molecule has 2 heterocycles. The smallest absolute Gasteiger partial charge is 0.379 e. The van der Waals surface area contributed by atoms with E-state index in [1.807, 2.05) is 0 Å². The Hall–Kier alpha value is -3.16. The fourth-order valence-electron chi connectivity index (χ4n) is 2.34. The fraction of sp³-hybridized carbons (Fsp3) is 0.250. The quantitative estimate of drug-likeness (QED) is 0.351. The van der Waals surface area contributed by atoms with Crippen LogP contribution in [0.2, 0.25) is 0 Å². The van der Waals surface area contributed by atoms with Crippen LogP contribution in [0.3, 0.4) is 0 Å². The van der Waals surface area contributed by atoms with Crippen LogP contribution >= 0.6 is 0 Å². The normalized spacial score (nSPS) is 10.3. The minimum Gasteiger partial charge on any atom is -0.465 e. The number of methoxy groups -OCH3 is 2. The average molecular weight is 333 g/mol. The highest BCUT2D eigenvalue weighted by Crippen LogP contribution is 2.26. The third-order valence-corrected chi connectivity index (χ3v) is 3.30. The Morgan fingerprint density at radius 2 is 1.67 bits per heavy atom. The van der Waals surface area contributed by atoms with E-state index in [-0.39, 0.29) is 28.9 Å². The van der Waals surface area contributed by atoms with Gasteiger partial charge in [-0.05, 0) is 19.1 Å². The van der Waals surface area contributed by atoms with Crippen molar-refractivity contribution in [1.82, 2.24) is 4.40 Å². The van der Waals surface area contributed by atoms with Crippen LogP contribution in [-0.2, 0) is 19.0 Å². The molecule has 0 spiro atoms. The van der Waals surface area contributed by atoms with Crippen LogP contribution in [0.4, 0.5) is 0 Å². The highest BCUT2D eigenvalue weighted by molar-refractivity contribution is 6.44. The predicted molar refractivity (Wildman–Crippen MR) is 81.0 cm³/mol. The second-order valence-corrected chi connectivity index (χ2v) is 4.59. The lowest BCUT2D eigenvalue weighted by atomic mass is 10.0. The number of carbonyl (C=O) groups is 4. The number of rotatable bonds is 5. The zero-order valence-electron chi connectivity index (χ0n) is 13.3. The number of aromatic nitrogens is 1. The molecule has 0 radical (unpaired) electrons. The Labute approximate surface area is 136 Å². The SMILES string of the molecule is CCOC(=O)C(=O)c1c(C(=O)OC)c(C(=O)OC)n2ccccc12. The van der Waals surface area contributed by atoms with Crippen LogP contribution < -0.4 is 0 Å². The van der Waals surface area contributed by atoms with Gasteiger partial charge in [-0.15, -0.1) is 0 Å². The molecular formula is C16H15NO7. The fourth-order valence-corrected chi connectivity index (χ4v) is 2.34. The number of pyridine rings is 1. The Morgan fingerprint density at radius 3 is 2.25 bits per heavy atom. The van der Waals surface area contributed by atoms with E-state index in [4.69, 9.17) is 4.74 Å². The summed E-state index contributed by atoms with van der Waals surface area (Å²) in [7, 11) is 2.24. The second kappa shape index (κ2) is 6.95. The topological polar surface area (TPSA) is 100 Å². The summed E-state index contributed by atoms with van der Waals surface area (Å²) in [5.74, 6) is -3.96. The third kappa shape index (κ3) is 2.73. The van der Waals surface area contributed by atoms with Gasteiger partial charge >= 0.3 is 17.9 Å². The van der Waals surface area contributed by atoms with Crippen LogP contribution in [0, 0.1) is 0 Å². The van der Waals surface area contributed by atoms with Crippen molar-refractivity contribution in [1.29, 1.82) is 0 Å². The van der Waals surface area contributed by atoms with Gasteiger partial charge in [0.25, 0.3) is 5.78 Å². The number of Topliss-reactive ketones (excluding diaryl/α,β-unsaturated/α-hetero) is 1. The molecule has 8 nitrogen and oxygen atoms in total. The molecular weight excluding hydrogens is 318 g/mol. The van der Waals surface area contributed by atoms with E-state index < -0.39 is 23.7 Å². The molecule has 24 heavy (non-hydrogen) atoms. The van der Waals surface area contributed by atoms with Gasteiger partial charge in [0, 0.05) is 6.20 Å². The first-order valence-corrected chi connectivity index (χ1v) is 6.99. The molecule has 0 saturated carbocycles. The van der Waals surface area contributed by atoms with Crippen LogP contribution in [0.5, 0.6) is 0 Å². The van der Waals surface area contributed by atoms with Gasteiger partial charge in [0.15, 0.2) is 0 Å². The monoisotopic (exact) mass is 333 g/mol. The Balaban J connectivity index is 2.86. The molecule has 2 aromatic rings. The van der Waals surface area contributed by atoms with Crippen molar-refractivity contribution in [3.63, 3.8) is 0 Å². The molecule has 0 saturated heterocycles. The van der Waals surface area contributed by atoms with Crippen LogP contribution in [0.1, 0.15) is 38.1 Å². The van der Waals surface area contributed by atoms with Crippen molar-refractivity contribution in [2.45, 2.75) is 6.92 Å². The zero-order valence-corrected chi connectivity index (χ0v) is 13.3. The Kier molecular flexibility index (Phi) is 4.98. The Bertz CT molecular complexity index is 834. The molecule has 0 bridgehead atoms. The molecule has 0 N–H and O–H groups in total. The Morgan fingerprint density at radius 1 is 1.00 bits per heavy atom. The molecule has 8 heteroatoms. The molecule has 0 unspecified atom stereocenters. The largest absolute Gasteiger partial charge is 0.465 e. The number of carbonyl (C=O) groups excluding carboxylic acids is 4. The summed E-state index contributed by atoms with van der Waals surface area (Å²) in [6.45, 7) is 1.54. The van der Waals surface area contributed by atoms with Crippen molar-refractivity contribution < 1.29 is 33.4 Å². The molecule has 0 amide bonds. The van der Waals surface area contributed by atoms with E-state index >= 15 is 0 Å². The van der Waals surface area contributed by atoms with Gasteiger partial charge in [-0.2, -0.15) is 0 Å². The van der Waals surface area contributed by atoms with E-state index in [2.05, 4.69) is 9.47 Å². The molecule has 0 aliphatic rings. The number of hydrogen-bond donors (Lipinski definition) is 0. The van der Waals surface area contributed by atoms with Gasteiger partial charge in [0.1, 0.15) is 11.3 Å². The summed E-state index contributed by atoms with van der Waals surface area (Å²) in [6, 6.07) is 4.68. The maximum atomic E-state index is 12.5. The van der Waals surface area contributed by atoms with E-state index in [1.165, 1.54) is 16.7 Å². The second-order valence-electron chi connectivity index (χ2n) is 4.59. The maximum absolute atomic E-state index is 12.5. The molecule has 0 atom stereocenters. The summed E-state index contributed by atoms with van der Waals surface area (Å²) >= 11 is 0. The molecule has 2 aromatic heterocycles. The van der Waals surface area contributed by atoms with E-state index in [0.29, 0.717) is 0 Å². The average Bonchev–Trinajstić information content (AvgIpc) is 2.94. The first kappa shape index (κ1) is 17.2. The number of ether oxygens (including phenoxy) is 3. The lowest BCUT2D eigenvalue weighted by Crippen LogP contribution is -2.21. The minimum atomic E-state index is -1.13.